The normalized spacial score (nSPS) is 16.6. The summed E-state index contributed by atoms with van der Waals surface area (Å²) < 4.78 is 46.7. The molecule has 2 heterocycles. The van der Waals surface area contributed by atoms with Gasteiger partial charge in [0.25, 0.3) is 0 Å². The molecule has 10 heteroatoms. The molecule has 1 saturated heterocycles. The van der Waals surface area contributed by atoms with E-state index < -0.39 is 10.0 Å². The molecule has 2 aromatic carbocycles. The predicted octanol–water partition coefficient (Wildman–Crippen LogP) is 3.57. The Kier molecular flexibility index (Phi) is 7.08. The Morgan fingerprint density at radius 2 is 2.06 bits per heavy atom. The van der Waals surface area contributed by atoms with Crippen LogP contribution in [0.2, 0.25) is 0 Å². The topological polar surface area (TPSA) is 105 Å². The van der Waals surface area contributed by atoms with Crippen LogP contribution in [0.3, 0.4) is 0 Å². The van der Waals surface area contributed by atoms with E-state index in [2.05, 4.69) is 14.9 Å². The minimum atomic E-state index is -3.70. The zero-order valence-electron chi connectivity index (χ0n) is 19.1. The van der Waals surface area contributed by atoms with Gasteiger partial charge in [-0.05, 0) is 56.0 Å². The zero-order chi connectivity index (χ0) is 24.3. The van der Waals surface area contributed by atoms with Crippen molar-refractivity contribution in [3.63, 3.8) is 0 Å². The number of carbonyl (C=O) groups is 1. The summed E-state index contributed by atoms with van der Waals surface area (Å²) in [5, 5.41) is 3.96. The number of nitrogens with one attached hydrogen (secondary N) is 1. The molecule has 0 aliphatic carbocycles. The van der Waals surface area contributed by atoms with Gasteiger partial charge in [-0.3, -0.25) is 4.79 Å². The van der Waals surface area contributed by atoms with E-state index in [9.17, 15) is 17.6 Å². The quantitative estimate of drug-likeness (QED) is 0.547. The van der Waals surface area contributed by atoms with Crippen LogP contribution in [0.25, 0.3) is 11.4 Å². The average molecular weight is 487 g/mol. The number of benzene rings is 2. The second kappa shape index (κ2) is 10.0. The Balaban J connectivity index is 1.34. The van der Waals surface area contributed by atoms with Crippen LogP contribution < -0.4 is 4.72 Å². The summed E-state index contributed by atoms with van der Waals surface area (Å²) in [5.74, 6) is 0.0648. The van der Waals surface area contributed by atoms with Gasteiger partial charge >= 0.3 is 0 Å². The molecule has 1 fully saturated rings. The van der Waals surface area contributed by atoms with Gasteiger partial charge in [-0.2, -0.15) is 4.98 Å². The van der Waals surface area contributed by atoms with Crippen molar-refractivity contribution in [1.29, 1.82) is 0 Å². The van der Waals surface area contributed by atoms with Crippen LogP contribution in [-0.4, -0.2) is 49.0 Å². The maximum atomic E-state index is 13.5. The molecule has 8 nitrogen and oxygen atoms in total. The lowest BCUT2D eigenvalue weighted by Crippen LogP contribution is -2.40. The van der Waals surface area contributed by atoms with Gasteiger partial charge in [0.1, 0.15) is 5.82 Å². The number of piperidine rings is 1. The van der Waals surface area contributed by atoms with Gasteiger partial charge in [0, 0.05) is 31.6 Å². The van der Waals surface area contributed by atoms with Crippen LogP contribution in [0, 0.1) is 19.7 Å². The highest BCUT2D eigenvalue weighted by atomic mass is 32.2. The van der Waals surface area contributed by atoms with Crippen LogP contribution in [0.15, 0.2) is 51.9 Å². The predicted molar refractivity (Wildman–Crippen MR) is 124 cm³/mol. The molecule has 0 bridgehead atoms. The number of aryl methyl sites for hydroxylation is 2. The van der Waals surface area contributed by atoms with Crippen molar-refractivity contribution in [3.8, 4) is 11.4 Å². The Labute approximate surface area is 198 Å². The number of aromatic nitrogens is 2. The summed E-state index contributed by atoms with van der Waals surface area (Å²) in [6, 6.07) is 11.2. The number of nitrogens with zero attached hydrogens (tertiary/aromatic N) is 3. The van der Waals surface area contributed by atoms with Gasteiger partial charge < -0.3 is 9.42 Å². The van der Waals surface area contributed by atoms with Crippen LogP contribution in [0.5, 0.6) is 0 Å². The molecule has 34 heavy (non-hydrogen) atoms. The van der Waals surface area contributed by atoms with Gasteiger partial charge in [-0.25, -0.2) is 17.5 Å². The summed E-state index contributed by atoms with van der Waals surface area (Å²) in [4.78, 5) is 19.1. The molecule has 3 aromatic rings. The van der Waals surface area contributed by atoms with Crippen molar-refractivity contribution in [2.75, 3.05) is 19.6 Å². The summed E-state index contributed by atoms with van der Waals surface area (Å²) in [7, 11) is -3.70. The monoisotopic (exact) mass is 486 g/mol. The maximum absolute atomic E-state index is 13.5. The number of hydrogen-bond acceptors (Lipinski definition) is 6. The molecule has 1 aliphatic rings. The van der Waals surface area contributed by atoms with E-state index in [1.807, 2.05) is 13.0 Å². The van der Waals surface area contributed by atoms with Crippen molar-refractivity contribution in [2.45, 2.75) is 43.9 Å². The van der Waals surface area contributed by atoms with Crippen molar-refractivity contribution in [1.82, 2.24) is 19.8 Å². The van der Waals surface area contributed by atoms with E-state index in [4.69, 9.17) is 4.52 Å². The van der Waals surface area contributed by atoms with Gasteiger partial charge in [0.2, 0.25) is 27.6 Å². The van der Waals surface area contributed by atoms with Gasteiger partial charge in [-0.1, -0.05) is 29.4 Å². The number of halogens is 1. The minimum Gasteiger partial charge on any atom is -0.342 e. The first-order valence-corrected chi connectivity index (χ1v) is 12.7. The number of carbonyl (C=O) groups excluding carboxylic acids is 1. The van der Waals surface area contributed by atoms with Crippen LogP contribution >= 0.6 is 0 Å². The Bertz CT molecular complexity index is 1290. The van der Waals surface area contributed by atoms with Crippen LogP contribution in [0.4, 0.5) is 4.39 Å². The van der Waals surface area contributed by atoms with E-state index in [0.717, 1.165) is 18.4 Å². The van der Waals surface area contributed by atoms with E-state index >= 15 is 0 Å². The van der Waals surface area contributed by atoms with Gasteiger partial charge in [0.15, 0.2) is 0 Å². The standard InChI is InChI=1S/C24H27FN4O4S/c1-16-8-9-17(2)21(13-16)34(31,32)26-11-10-22(30)29-12-4-6-19(15-29)24-27-23(28-33-24)18-5-3-7-20(25)14-18/h3,5,7-9,13-14,19,26H,4,6,10-12,15H2,1-2H3. The smallest absolute Gasteiger partial charge is 0.240 e. The third-order valence-electron chi connectivity index (χ3n) is 5.91. The largest absolute Gasteiger partial charge is 0.342 e. The fraction of sp³-hybridized carbons (Fsp3) is 0.375. The Morgan fingerprint density at radius 1 is 1.24 bits per heavy atom. The van der Waals surface area contributed by atoms with E-state index in [1.54, 1.807) is 36.1 Å². The van der Waals surface area contributed by atoms with Gasteiger partial charge in [-0.15, -0.1) is 0 Å². The first kappa shape index (κ1) is 24.0. The number of sulfonamides is 1. The molecule has 1 aliphatic heterocycles. The van der Waals surface area contributed by atoms with Crippen molar-refractivity contribution in [3.05, 3.63) is 65.3 Å². The molecule has 1 amide bonds. The molecule has 1 unspecified atom stereocenters. The minimum absolute atomic E-state index is 0.0139. The SMILES string of the molecule is Cc1ccc(C)c(S(=O)(=O)NCCC(=O)N2CCCC(c3nc(-c4cccc(F)c4)no3)C2)c1. The van der Waals surface area contributed by atoms with Crippen LogP contribution in [-0.2, 0) is 14.8 Å². The van der Waals surface area contributed by atoms with Crippen molar-refractivity contribution < 1.29 is 22.1 Å². The highest BCUT2D eigenvalue weighted by Gasteiger charge is 2.29. The third-order valence-corrected chi connectivity index (χ3v) is 7.52. The van der Waals surface area contributed by atoms with E-state index in [0.29, 0.717) is 35.9 Å². The highest BCUT2D eigenvalue weighted by Crippen LogP contribution is 2.28. The summed E-state index contributed by atoms with van der Waals surface area (Å²) in [6.45, 7) is 4.58. The molecule has 0 spiro atoms. The number of rotatable bonds is 7. The molecular weight excluding hydrogens is 459 g/mol. The zero-order valence-corrected chi connectivity index (χ0v) is 19.9. The number of hydrogen-bond donors (Lipinski definition) is 1. The molecule has 4 rings (SSSR count). The molecule has 0 radical (unpaired) electrons. The average Bonchev–Trinajstić information content (AvgIpc) is 3.31. The second-order valence-electron chi connectivity index (χ2n) is 8.56. The summed E-state index contributed by atoms with van der Waals surface area (Å²) >= 11 is 0. The van der Waals surface area contributed by atoms with Crippen LogP contribution in [0.1, 0.15) is 42.2 Å². The van der Waals surface area contributed by atoms with Crippen molar-refractivity contribution in [2.24, 2.45) is 0 Å². The number of likely N-dealkylation sites (tertiary alicyclic amines) is 1. The first-order chi connectivity index (χ1) is 16.2. The molecular formula is C24H27FN4O4S. The Morgan fingerprint density at radius 3 is 2.85 bits per heavy atom. The molecule has 180 valence electrons. The molecule has 0 saturated carbocycles. The molecule has 1 atom stereocenters. The summed E-state index contributed by atoms with van der Waals surface area (Å²) in [6.07, 6.45) is 1.60. The van der Waals surface area contributed by atoms with E-state index in [-0.39, 0.29) is 35.5 Å². The van der Waals surface area contributed by atoms with Gasteiger partial charge in [0.05, 0.1) is 10.8 Å². The molecule has 1 N–H and O–H groups in total. The number of amides is 1. The third kappa shape index (κ3) is 5.51. The second-order valence-corrected chi connectivity index (χ2v) is 10.3. The molecule has 1 aromatic heterocycles. The maximum Gasteiger partial charge on any atom is 0.240 e. The lowest BCUT2D eigenvalue weighted by Gasteiger charge is -2.31. The highest BCUT2D eigenvalue weighted by molar-refractivity contribution is 7.89. The Hall–Kier alpha value is -3.11. The lowest BCUT2D eigenvalue weighted by molar-refractivity contribution is -0.132. The van der Waals surface area contributed by atoms with Crippen molar-refractivity contribution >= 4 is 15.9 Å². The lowest BCUT2D eigenvalue weighted by atomic mass is 9.97. The first-order valence-electron chi connectivity index (χ1n) is 11.2. The summed E-state index contributed by atoms with van der Waals surface area (Å²) in [5.41, 5.74) is 2.03. The van der Waals surface area contributed by atoms with E-state index in [1.165, 1.54) is 12.1 Å². The fourth-order valence-electron chi connectivity index (χ4n) is 4.08. The fourth-order valence-corrected chi connectivity index (χ4v) is 5.44.